The van der Waals surface area contributed by atoms with Crippen molar-refractivity contribution >= 4 is 38.5 Å². The van der Waals surface area contributed by atoms with Gasteiger partial charge in [0.25, 0.3) is 5.79 Å². The summed E-state index contributed by atoms with van der Waals surface area (Å²) in [4.78, 5) is 12.9. The van der Waals surface area contributed by atoms with Gasteiger partial charge in [0, 0.05) is 48.6 Å². The molecule has 3 saturated heterocycles. The monoisotopic (exact) mass is 843 g/mol. The molecule has 2 aromatic rings. The molecule has 0 radical (unpaired) electrons. The Labute approximate surface area is 346 Å². The van der Waals surface area contributed by atoms with E-state index in [1.165, 1.54) is 10.8 Å². The number of fused-ring (bicyclic) bond motifs is 12. The lowest BCUT2D eigenvalue weighted by Gasteiger charge is -2.73. The SMILES string of the molecule is CCOC(=O)CCc1cc2ccoc2c2c1OC13C=C4CCC(CNC5CCC(C)CCCC(O)C(O1)(C4SSC5)C1(O)CC4C=CC(O)C(CO)C4C3(O)C1O)O2. The zero-order valence-corrected chi connectivity index (χ0v) is 34.7. The van der Waals surface area contributed by atoms with Gasteiger partial charge in [0.15, 0.2) is 16.9 Å². The molecule has 1 aromatic carbocycles. The van der Waals surface area contributed by atoms with Crippen LogP contribution in [0.3, 0.4) is 0 Å². The number of hydrogen-bond donors (Lipinski definition) is 7. The van der Waals surface area contributed by atoms with Crippen LogP contribution in [-0.4, -0.2) is 120 Å². The third kappa shape index (κ3) is 6.23. The van der Waals surface area contributed by atoms with Crippen LogP contribution in [0, 0.1) is 23.7 Å². The highest BCUT2D eigenvalue weighted by Crippen LogP contribution is 2.69. The maximum atomic E-state index is 13.8. The van der Waals surface area contributed by atoms with Crippen molar-refractivity contribution in [1.82, 2.24) is 5.32 Å². The number of esters is 1. The van der Waals surface area contributed by atoms with Crippen LogP contribution in [0.15, 0.2) is 46.6 Å². The molecule has 2 aliphatic carbocycles. The Bertz CT molecular complexity index is 1940. The molecule has 15 heteroatoms. The van der Waals surface area contributed by atoms with Crippen LogP contribution in [0.2, 0.25) is 0 Å². The fourth-order valence-corrected chi connectivity index (χ4v) is 14.9. The molecule has 14 atom stereocenters. The van der Waals surface area contributed by atoms with E-state index in [1.54, 1.807) is 48.3 Å². The standard InChI is InChI=1S/C43H57NO12S2/c1-3-52-33(48)14-10-24-17-25-15-16-53-35(25)37-36(24)55-41-19-27-8-12-29(54-37)20-44-28-11-7-23(2)5-4-6-32(47)43(56-41,38(27)58-57-22-28)40(50)18-26-9-13-31(46)30(21-45)34(26)42(41,51)39(40)49/h9,13,15-17,19,23,26,28-32,34,38-39,44-47,49-51H,3-8,10-12,14,18,20-22H2,1-2H3. The van der Waals surface area contributed by atoms with Crippen molar-refractivity contribution in [2.75, 3.05) is 25.5 Å². The molecule has 0 amide bonds. The van der Waals surface area contributed by atoms with E-state index < -0.39 is 82.6 Å². The van der Waals surface area contributed by atoms with Crippen molar-refractivity contribution in [1.29, 1.82) is 0 Å². The van der Waals surface area contributed by atoms with E-state index in [1.807, 2.05) is 6.07 Å². The van der Waals surface area contributed by atoms with Crippen molar-refractivity contribution in [3.63, 3.8) is 0 Å². The minimum absolute atomic E-state index is 0.00740. The minimum atomic E-state index is -2.52. The summed E-state index contributed by atoms with van der Waals surface area (Å²) in [5.41, 5.74) is -5.00. The summed E-state index contributed by atoms with van der Waals surface area (Å²) >= 11 is 0. The van der Waals surface area contributed by atoms with Gasteiger partial charge in [0.1, 0.15) is 23.4 Å². The number of ether oxygens (including phenoxy) is 4. The van der Waals surface area contributed by atoms with E-state index in [9.17, 15) is 35.4 Å². The van der Waals surface area contributed by atoms with Crippen LogP contribution < -0.4 is 14.8 Å². The highest BCUT2D eigenvalue weighted by atomic mass is 33.1. The van der Waals surface area contributed by atoms with Gasteiger partial charge in [-0.2, -0.15) is 0 Å². The molecule has 4 fully saturated rings. The van der Waals surface area contributed by atoms with Gasteiger partial charge in [-0.15, -0.1) is 0 Å². The summed E-state index contributed by atoms with van der Waals surface area (Å²) in [5.74, 6) is -4.06. The molecule has 7 N–H and O–H groups in total. The summed E-state index contributed by atoms with van der Waals surface area (Å²) in [5, 5.41) is 79.3. The number of aliphatic hydroxyl groups is 6. The first-order valence-corrected chi connectivity index (χ1v) is 23.5. The summed E-state index contributed by atoms with van der Waals surface area (Å²) in [6.07, 6.45) is 6.29. The van der Waals surface area contributed by atoms with Gasteiger partial charge in [-0.25, -0.2) is 0 Å². The first kappa shape index (κ1) is 41.1. The fourth-order valence-electron chi connectivity index (χ4n) is 11.5. The number of furan rings is 1. The van der Waals surface area contributed by atoms with Gasteiger partial charge in [-0.05, 0) is 87.5 Å². The Morgan fingerprint density at radius 3 is 2.74 bits per heavy atom. The average molecular weight is 844 g/mol. The number of carbonyl (C=O) groups excluding carboxylic acids is 1. The van der Waals surface area contributed by atoms with E-state index in [4.69, 9.17) is 23.4 Å². The van der Waals surface area contributed by atoms with Crippen LogP contribution in [0.25, 0.3) is 11.0 Å². The lowest BCUT2D eigenvalue weighted by Crippen LogP contribution is -2.92. The highest BCUT2D eigenvalue weighted by molar-refractivity contribution is 8.77. The predicted molar refractivity (Wildman–Crippen MR) is 217 cm³/mol. The molecule has 318 valence electrons. The second-order valence-electron chi connectivity index (χ2n) is 17.8. The maximum absolute atomic E-state index is 13.8. The third-order valence-corrected chi connectivity index (χ3v) is 17.3. The molecule has 13 nitrogen and oxygen atoms in total. The van der Waals surface area contributed by atoms with Crippen molar-refractivity contribution in [3.8, 4) is 11.5 Å². The van der Waals surface area contributed by atoms with Crippen molar-refractivity contribution in [2.45, 2.75) is 136 Å². The van der Waals surface area contributed by atoms with E-state index in [0.717, 1.165) is 24.8 Å². The molecular formula is C43H57NO12S2. The first-order valence-electron chi connectivity index (χ1n) is 21.1. The number of nitrogens with one attached hydrogen (secondary N) is 1. The summed E-state index contributed by atoms with van der Waals surface area (Å²) < 4.78 is 33.2. The van der Waals surface area contributed by atoms with Gasteiger partial charge in [-0.1, -0.05) is 59.1 Å². The Morgan fingerprint density at radius 1 is 1.09 bits per heavy atom. The maximum Gasteiger partial charge on any atom is 0.306 e. The van der Waals surface area contributed by atoms with Crippen molar-refractivity contribution in [3.05, 3.63) is 47.8 Å². The molecule has 5 aliphatic heterocycles. The predicted octanol–water partition coefficient (Wildman–Crippen LogP) is 3.94. The fraction of sp³-hybridized carbons (Fsp3) is 0.698. The second-order valence-corrected chi connectivity index (χ2v) is 20.3. The zero-order valence-electron chi connectivity index (χ0n) is 33.1. The Balaban J connectivity index is 1.35. The Kier molecular flexibility index (Phi) is 11.0. The van der Waals surface area contributed by atoms with Gasteiger partial charge in [0.2, 0.25) is 5.75 Å². The van der Waals surface area contributed by atoms with E-state index in [-0.39, 0.29) is 49.8 Å². The summed E-state index contributed by atoms with van der Waals surface area (Å²) in [6, 6.07) is 3.76. The van der Waals surface area contributed by atoms with E-state index in [2.05, 4.69) is 12.2 Å². The van der Waals surface area contributed by atoms with Crippen LogP contribution in [-0.2, 0) is 20.7 Å². The quantitative estimate of drug-likeness (QED) is 0.130. The van der Waals surface area contributed by atoms with Crippen LogP contribution in [0.1, 0.15) is 77.2 Å². The molecule has 9 rings (SSSR count). The number of hydrogen-bond acceptors (Lipinski definition) is 15. The average Bonchev–Trinajstić information content (AvgIpc) is 3.66. The zero-order chi connectivity index (χ0) is 40.6. The Morgan fingerprint density at radius 2 is 1.93 bits per heavy atom. The lowest BCUT2D eigenvalue weighted by molar-refractivity contribution is -0.458. The molecular weight excluding hydrogens is 787 g/mol. The summed E-state index contributed by atoms with van der Waals surface area (Å²) in [7, 11) is 3.16. The number of carbonyl (C=O) groups is 1. The van der Waals surface area contributed by atoms with Gasteiger partial charge in [-0.3, -0.25) is 4.79 Å². The molecule has 14 unspecified atom stereocenters. The largest absolute Gasteiger partial charge is 0.482 e. The van der Waals surface area contributed by atoms with Gasteiger partial charge < -0.3 is 59.3 Å². The van der Waals surface area contributed by atoms with Gasteiger partial charge >= 0.3 is 5.97 Å². The summed E-state index contributed by atoms with van der Waals surface area (Å²) in [6.45, 7) is 4.14. The van der Waals surface area contributed by atoms with Crippen LogP contribution in [0.5, 0.6) is 11.5 Å². The van der Waals surface area contributed by atoms with Crippen LogP contribution >= 0.6 is 21.6 Å². The number of allylic oxidation sites excluding steroid dienone is 1. The van der Waals surface area contributed by atoms with Gasteiger partial charge in [0.05, 0.1) is 30.3 Å². The van der Waals surface area contributed by atoms with Crippen molar-refractivity contribution < 1.29 is 58.8 Å². The number of benzene rings is 1. The molecule has 1 saturated carbocycles. The molecule has 58 heavy (non-hydrogen) atoms. The lowest BCUT2D eigenvalue weighted by atomic mass is 9.46. The molecule has 8 bridgehead atoms. The molecule has 7 aliphatic rings. The van der Waals surface area contributed by atoms with Crippen LogP contribution in [0.4, 0.5) is 0 Å². The number of rotatable bonds is 5. The third-order valence-electron chi connectivity index (χ3n) is 14.4. The normalized spacial score (nSPS) is 43.5. The molecule has 1 aromatic heterocycles. The van der Waals surface area contributed by atoms with E-state index >= 15 is 0 Å². The Hall–Kier alpha value is -2.31. The van der Waals surface area contributed by atoms with Crippen molar-refractivity contribution in [2.24, 2.45) is 23.7 Å². The topological polar surface area (TPSA) is 201 Å². The second kappa shape index (κ2) is 15.5. The molecule has 2 spiro atoms. The molecule has 6 heterocycles. The minimum Gasteiger partial charge on any atom is -0.482 e. The number of aliphatic hydroxyl groups excluding tert-OH is 4. The highest BCUT2D eigenvalue weighted by Gasteiger charge is 2.85. The van der Waals surface area contributed by atoms with E-state index in [0.29, 0.717) is 54.0 Å². The first-order chi connectivity index (χ1) is 27.9. The smallest absolute Gasteiger partial charge is 0.306 e. The number of aryl methyl sites for hydroxylation is 1.